The summed E-state index contributed by atoms with van der Waals surface area (Å²) in [5.41, 5.74) is 0. The van der Waals surface area contributed by atoms with Crippen LogP contribution < -0.4 is 0 Å². The fourth-order valence-electron chi connectivity index (χ4n) is 5.00. The highest BCUT2D eigenvalue weighted by Crippen LogP contribution is 2.45. The molecule has 3 heteroatoms. The maximum Gasteiger partial charge on any atom is 0.176 e. The molecule has 3 aliphatic rings. The maximum absolute atomic E-state index is 14.4. The molecule has 0 spiro atoms. The number of halogens is 2. The molecule has 0 aromatic carbocycles. The van der Waals surface area contributed by atoms with E-state index in [2.05, 4.69) is 6.92 Å². The summed E-state index contributed by atoms with van der Waals surface area (Å²) in [6.45, 7) is 2.36. The fraction of sp³-hybridized carbons (Fsp3) is 0.800. The van der Waals surface area contributed by atoms with E-state index in [0.717, 1.165) is 30.6 Å². The molecule has 0 aromatic heterocycles. The van der Waals surface area contributed by atoms with Crippen molar-refractivity contribution in [3.63, 3.8) is 0 Å². The molecule has 3 aliphatic carbocycles. The largest absolute Gasteiger partial charge is 0.494 e. The van der Waals surface area contributed by atoms with E-state index < -0.39 is 12.0 Å². The molecule has 0 radical (unpaired) electrons. The highest BCUT2D eigenvalue weighted by Gasteiger charge is 2.38. The van der Waals surface area contributed by atoms with Crippen LogP contribution in [0, 0.1) is 29.6 Å². The minimum absolute atomic E-state index is 0.0544. The van der Waals surface area contributed by atoms with Crippen molar-refractivity contribution < 1.29 is 13.5 Å². The van der Waals surface area contributed by atoms with Crippen molar-refractivity contribution >= 4 is 0 Å². The van der Waals surface area contributed by atoms with Crippen LogP contribution in [0.4, 0.5) is 8.78 Å². The Morgan fingerprint density at radius 1 is 0.913 bits per heavy atom. The first-order chi connectivity index (χ1) is 11.1. The van der Waals surface area contributed by atoms with Crippen LogP contribution >= 0.6 is 0 Å². The molecule has 3 rings (SSSR count). The second-order valence-corrected chi connectivity index (χ2v) is 7.95. The highest BCUT2D eigenvalue weighted by atomic mass is 19.2. The molecule has 0 heterocycles. The molecule has 23 heavy (non-hydrogen) atoms. The number of hydrogen-bond donors (Lipinski definition) is 0. The summed E-state index contributed by atoms with van der Waals surface area (Å²) in [5.74, 6) is 1.91. The zero-order chi connectivity index (χ0) is 16.4. The van der Waals surface area contributed by atoms with Gasteiger partial charge in [0, 0.05) is 5.92 Å². The molecular formula is C20H30F2O. The van der Waals surface area contributed by atoms with Gasteiger partial charge in [0.2, 0.25) is 0 Å². The van der Waals surface area contributed by atoms with Gasteiger partial charge in [-0.15, -0.1) is 0 Å². The summed E-state index contributed by atoms with van der Waals surface area (Å²) in [6, 6.07) is 0. The second-order valence-electron chi connectivity index (χ2n) is 7.95. The van der Waals surface area contributed by atoms with Gasteiger partial charge in [-0.05, 0) is 68.3 Å². The molecule has 0 aliphatic heterocycles. The third-order valence-corrected chi connectivity index (χ3v) is 6.59. The molecule has 1 nitrogen and oxygen atoms in total. The molecule has 2 saturated carbocycles. The van der Waals surface area contributed by atoms with Crippen LogP contribution in [0.1, 0.15) is 58.3 Å². The Kier molecular flexibility index (Phi) is 5.43. The summed E-state index contributed by atoms with van der Waals surface area (Å²) in [7, 11) is 1.39. The molecular weight excluding hydrogens is 294 g/mol. The van der Waals surface area contributed by atoms with Crippen molar-refractivity contribution in [2.75, 3.05) is 7.11 Å². The summed E-state index contributed by atoms with van der Waals surface area (Å²) < 4.78 is 33.3. The molecule has 2 unspecified atom stereocenters. The third kappa shape index (κ3) is 3.64. The average molecular weight is 324 g/mol. The number of rotatable bonds is 3. The summed E-state index contributed by atoms with van der Waals surface area (Å²) in [4.78, 5) is 0. The van der Waals surface area contributed by atoms with Gasteiger partial charge in [-0.1, -0.05) is 25.8 Å². The van der Waals surface area contributed by atoms with Crippen LogP contribution in [0.15, 0.2) is 23.7 Å². The lowest BCUT2D eigenvalue weighted by atomic mass is 9.66. The SMILES string of the molecule is COC1=C(F)C(F)C(C2CCC(C3CCC(C)CC3)CC2)C=C1. The van der Waals surface area contributed by atoms with Crippen molar-refractivity contribution in [3.8, 4) is 0 Å². The minimum Gasteiger partial charge on any atom is -0.494 e. The van der Waals surface area contributed by atoms with Crippen LogP contribution in [0.25, 0.3) is 0 Å². The van der Waals surface area contributed by atoms with Gasteiger partial charge < -0.3 is 4.74 Å². The lowest BCUT2D eigenvalue weighted by molar-refractivity contribution is 0.107. The molecule has 0 N–H and O–H groups in total. The maximum atomic E-state index is 14.4. The molecule has 0 amide bonds. The van der Waals surface area contributed by atoms with Crippen LogP contribution in [-0.2, 0) is 4.74 Å². The highest BCUT2D eigenvalue weighted by molar-refractivity contribution is 5.26. The standard InChI is InChI=1S/C20H30F2O/c1-13-3-5-14(6-4-13)15-7-9-16(10-8-15)17-11-12-18(23-2)20(22)19(17)21/h11-17,19H,3-10H2,1-2H3. The van der Waals surface area contributed by atoms with E-state index in [0.29, 0.717) is 0 Å². The summed E-state index contributed by atoms with van der Waals surface area (Å²) in [6.07, 6.45) is 11.9. The normalized spacial score (nSPS) is 41.9. The Labute approximate surface area is 139 Å². The topological polar surface area (TPSA) is 9.23 Å². The monoisotopic (exact) mass is 324 g/mol. The van der Waals surface area contributed by atoms with Crippen molar-refractivity contribution in [1.29, 1.82) is 0 Å². The zero-order valence-corrected chi connectivity index (χ0v) is 14.4. The number of ether oxygens (including phenoxy) is 1. The predicted molar refractivity (Wildman–Crippen MR) is 89.2 cm³/mol. The number of hydrogen-bond acceptors (Lipinski definition) is 1. The van der Waals surface area contributed by atoms with E-state index in [1.807, 2.05) is 6.08 Å². The van der Waals surface area contributed by atoms with Crippen LogP contribution in [0.3, 0.4) is 0 Å². The van der Waals surface area contributed by atoms with Crippen LogP contribution in [0.5, 0.6) is 0 Å². The Morgan fingerprint density at radius 2 is 1.43 bits per heavy atom. The van der Waals surface area contributed by atoms with Gasteiger partial charge in [-0.3, -0.25) is 0 Å². The third-order valence-electron chi connectivity index (χ3n) is 6.59. The summed E-state index contributed by atoms with van der Waals surface area (Å²) >= 11 is 0. The van der Waals surface area contributed by atoms with Gasteiger partial charge in [0.25, 0.3) is 0 Å². The van der Waals surface area contributed by atoms with Gasteiger partial charge in [0.05, 0.1) is 7.11 Å². The Bertz CT molecular complexity index is 454. The Morgan fingerprint density at radius 3 is 2.00 bits per heavy atom. The number of allylic oxidation sites excluding steroid dienone is 3. The molecule has 130 valence electrons. The lowest BCUT2D eigenvalue weighted by Gasteiger charge is -2.39. The van der Waals surface area contributed by atoms with Crippen molar-refractivity contribution in [1.82, 2.24) is 0 Å². The van der Waals surface area contributed by atoms with Gasteiger partial charge in [0.15, 0.2) is 17.8 Å². The number of methoxy groups -OCH3 is 1. The van der Waals surface area contributed by atoms with Crippen LogP contribution in [0.2, 0.25) is 0 Å². The smallest absolute Gasteiger partial charge is 0.176 e. The number of alkyl halides is 1. The average Bonchev–Trinajstić information content (AvgIpc) is 2.58. The second kappa shape index (κ2) is 7.36. The Hall–Kier alpha value is -0.860. The molecule has 0 bridgehead atoms. The predicted octanol–water partition coefficient (Wildman–Crippen LogP) is 5.97. The lowest BCUT2D eigenvalue weighted by Crippen LogP contribution is -2.32. The molecule has 2 fully saturated rings. The van der Waals surface area contributed by atoms with E-state index in [9.17, 15) is 8.78 Å². The molecule has 2 atom stereocenters. The van der Waals surface area contributed by atoms with Crippen molar-refractivity contribution in [2.45, 2.75) is 64.5 Å². The zero-order valence-electron chi connectivity index (χ0n) is 14.4. The van der Waals surface area contributed by atoms with Crippen LogP contribution in [-0.4, -0.2) is 13.3 Å². The minimum atomic E-state index is -1.52. The van der Waals surface area contributed by atoms with E-state index in [4.69, 9.17) is 4.74 Å². The first-order valence-corrected chi connectivity index (χ1v) is 9.36. The quantitative estimate of drug-likeness (QED) is 0.621. The van der Waals surface area contributed by atoms with E-state index in [1.54, 1.807) is 6.08 Å². The van der Waals surface area contributed by atoms with E-state index >= 15 is 0 Å². The van der Waals surface area contributed by atoms with Gasteiger partial charge in [-0.2, -0.15) is 0 Å². The van der Waals surface area contributed by atoms with Gasteiger partial charge in [-0.25, -0.2) is 8.78 Å². The van der Waals surface area contributed by atoms with E-state index in [-0.39, 0.29) is 17.6 Å². The van der Waals surface area contributed by atoms with Gasteiger partial charge >= 0.3 is 0 Å². The first kappa shape index (κ1) is 17.0. The van der Waals surface area contributed by atoms with Crippen molar-refractivity contribution in [2.24, 2.45) is 29.6 Å². The van der Waals surface area contributed by atoms with Gasteiger partial charge in [0.1, 0.15) is 0 Å². The first-order valence-electron chi connectivity index (χ1n) is 9.36. The summed E-state index contributed by atoms with van der Waals surface area (Å²) in [5, 5.41) is 0. The van der Waals surface area contributed by atoms with E-state index in [1.165, 1.54) is 45.6 Å². The molecule has 0 aromatic rings. The Balaban J connectivity index is 1.53. The van der Waals surface area contributed by atoms with Crippen molar-refractivity contribution in [3.05, 3.63) is 23.7 Å². The fourth-order valence-corrected chi connectivity index (χ4v) is 5.00. The molecule has 0 saturated heterocycles.